The third-order valence-electron chi connectivity index (χ3n) is 5.75. The van der Waals surface area contributed by atoms with Crippen LogP contribution >= 0.6 is 0 Å². The number of rotatable bonds is 10. The number of hydrogen-bond acceptors (Lipinski definition) is 4. The van der Waals surface area contributed by atoms with Gasteiger partial charge in [-0.05, 0) is 11.5 Å². The first-order valence-corrected chi connectivity index (χ1v) is 11.1. The number of nitrogens with zero attached hydrogens (tertiary/aromatic N) is 3. The molecule has 0 bridgehead atoms. The molecule has 0 aromatic heterocycles. The highest BCUT2D eigenvalue weighted by atomic mass is 16.5. The van der Waals surface area contributed by atoms with E-state index < -0.39 is 0 Å². The molecule has 1 aliphatic heterocycles. The van der Waals surface area contributed by atoms with E-state index in [1.807, 2.05) is 18.2 Å². The molecule has 7 nitrogen and oxygen atoms in total. The standard InChI is InChI=1S/C23H39N5O2/c1-5-20(6-2)21(28-12-14-30-15-13-28)17-25-23(26-18-22(29)27(3)4)24-16-19-10-8-7-9-11-19/h7-11,20-21H,5-6,12-18H2,1-4H3,(H2,24,25,26). The molecule has 0 aliphatic carbocycles. The Bertz CT molecular complexity index is 640. The number of ether oxygens (including phenoxy) is 1. The van der Waals surface area contributed by atoms with Gasteiger partial charge in [-0.25, -0.2) is 4.99 Å². The Morgan fingerprint density at radius 1 is 1.13 bits per heavy atom. The maximum absolute atomic E-state index is 12.1. The molecule has 1 heterocycles. The van der Waals surface area contributed by atoms with Crippen LogP contribution in [0.5, 0.6) is 0 Å². The van der Waals surface area contributed by atoms with Crippen molar-refractivity contribution in [3.8, 4) is 0 Å². The van der Waals surface area contributed by atoms with Crippen molar-refractivity contribution < 1.29 is 9.53 Å². The Morgan fingerprint density at radius 2 is 1.80 bits per heavy atom. The lowest BCUT2D eigenvalue weighted by Gasteiger charge is -2.39. The van der Waals surface area contributed by atoms with Crippen molar-refractivity contribution in [2.24, 2.45) is 10.9 Å². The Morgan fingerprint density at radius 3 is 2.40 bits per heavy atom. The summed E-state index contributed by atoms with van der Waals surface area (Å²) in [5, 5.41) is 6.73. The first-order valence-electron chi connectivity index (χ1n) is 11.1. The Labute approximate surface area is 181 Å². The van der Waals surface area contributed by atoms with Crippen molar-refractivity contribution in [3.63, 3.8) is 0 Å². The number of likely N-dealkylation sites (N-methyl/N-ethyl adjacent to an activating group) is 1. The highest BCUT2D eigenvalue weighted by Crippen LogP contribution is 2.19. The Balaban J connectivity index is 2.07. The van der Waals surface area contributed by atoms with Crippen LogP contribution in [-0.4, -0.2) is 81.2 Å². The van der Waals surface area contributed by atoms with E-state index in [2.05, 4.69) is 41.5 Å². The molecule has 1 saturated heterocycles. The van der Waals surface area contributed by atoms with E-state index in [0.29, 0.717) is 24.5 Å². The molecule has 2 rings (SSSR count). The second kappa shape index (κ2) is 13.2. The molecular weight excluding hydrogens is 378 g/mol. The van der Waals surface area contributed by atoms with Crippen LogP contribution < -0.4 is 10.6 Å². The highest BCUT2D eigenvalue weighted by molar-refractivity contribution is 5.86. The maximum atomic E-state index is 12.1. The molecule has 2 N–H and O–H groups in total. The average molecular weight is 418 g/mol. The smallest absolute Gasteiger partial charge is 0.241 e. The molecule has 1 aromatic carbocycles. The molecular formula is C23H39N5O2. The predicted octanol–water partition coefficient (Wildman–Crippen LogP) is 1.95. The minimum absolute atomic E-state index is 0.0222. The summed E-state index contributed by atoms with van der Waals surface area (Å²) in [6, 6.07) is 10.6. The summed E-state index contributed by atoms with van der Waals surface area (Å²) in [6.07, 6.45) is 2.28. The van der Waals surface area contributed by atoms with Gasteiger partial charge in [0.1, 0.15) is 0 Å². The van der Waals surface area contributed by atoms with Gasteiger partial charge in [0, 0.05) is 39.8 Å². The minimum Gasteiger partial charge on any atom is -0.379 e. The number of carbonyl (C=O) groups is 1. The monoisotopic (exact) mass is 417 g/mol. The molecule has 1 fully saturated rings. The first-order chi connectivity index (χ1) is 14.5. The predicted molar refractivity (Wildman–Crippen MR) is 123 cm³/mol. The third kappa shape index (κ3) is 7.95. The molecule has 168 valence electrons. The van der Waals surface area contributed by atoms with Crippen molar-refractivity contribution >= 4 is 11.9 Å². The second-order valence-corrected chi connectivity index (χ2v) is 7.97. The lowest BCUT2D eigenvalue weighted by Crippen LogP contribution is -2.54. The summed E-state index contributed by atoms with van der Waals surface area (Å²) in [7, 11) is 3.53. The number of guanidine groups is 1. The zero-order chi connectivity index (χ0) is 21.8. The largest absolute Gasteiger partial charge is 0.379 e. The van der Waals surface area contributed by atoms with Crippen LogP contribution in [0, 0.1) is 5.92 Å². The SMILES string of the molecule is CCC(CC)C(CNC(=NCc1ccccc1)NCC(=O)N(C)C)N1CCOCC1. The fourth-order valence-corrected chi connectivity index (χ4v) is 3.78. The quantitative estimate of drug-likeness (QED) is 0.450. The van der Waals surface area contributed by atoms with Gasteiger partial charge in [0.25, 0.3) is 0 Å². The number of hydrogen-bond donors (Lipinski definition) is 2. The van der Waals surface area contributed by atoms with Crippen LogP contribution in [0.15, 0.2) is 35.3 Å². The van der Waals surface area contributed by atoms with Gasteiger partial charge in [0.2, 0.25) is 5.91 Å². The summed E-state index contributed by atoms with van der Waals surface area (Å²) in [4.78, 5) is 20.9. The molecule has 1 unspecified atom stereocenters. The molecule has 1 aliphatic rings. The van der Waals surface area contributed by atoms with Crippen molar-refractivity contribution in [2.45, 2.75) is 39.3 Å². The van der Waals surface area contributed by atoms with E-state index in [0.717, 1.165) is 51.3 Å². The van der Waals surface area contributed by atoms with Gasteiger partial charge in [-0.3, -0.25) is 9.69 Å². The highest BCUT2D eigenvalue weighted by Gasteiger charge is 2.27. The van der Waals surface area contributed by atoms with Crippen LogP contribution in [-0.2, 0) is 16.1 Å². The zero-order valence-electron chi connectivity index (χ0n) is 19.1. The number of morpholine rings is 1. The summed E-state index contributed by atoms with van der Waals surface area (Å²) >= 11 is 0. The summed E-state index contributed by atoms with van der Waals surface area (Å²) in [6.45, 7) is 9.63. The number of carbonyl (C=O) groups excluding carboxylic acids is 1. The zero-order valence-corrected chi connectivity index (χ0v) is 19.1. The van der Waals surface area contributed by atoms with Crippen LogP contribution in [0.2, 0.25) is 0 Å². The van der Waals surface area contributed by atoms with Crippen molar-refractivity contribution in [3.05, 3.63) is 35.9 Å². The molecule has 1 atom stereocenters. The summed E-state index contributed by atoms with van der Waals surface area (Å²) in [5.74, 6) is 1.31. The van der Waals surface area contributed by atoms with Crippen LogP contribution in [0.3, 0.4) is 0 Å². The molecule has 1 amide bonds. The fourth-order valence-electron chi connectivity index (χ4n) is 3.78. The molecule has 0 spiro atoms. The minimum atomic E-state index is 0.0222. The third-order valence-corrected chi connectivity index (χ3v) is 5.75. The summed E-state index contributed by atoms with van der Waals surface area (Å²) in [5.41, 5.74) is 1.14. The maximum Gasteiger partial charge on any atom is 0.241 e. The van der Waals surface area contributed by atoms with Gasteiger partial charge in [0.05, 0.1) is 26.3 Å². The fraction of sp³-hybridized carbons (Fsp3) is 0.652. The van der Waals surface area contributed by atoms with Gasteiger partial charge in [0.15, 0.2) is 5.96 Å². The second-order valence-electron chi connectivity index (χ2n) is 7.97. The van der Waals surface area contributed by atoms with Gasteiger partial charge in [-0.2, -0.15) is 0 Å². The average Bonchev–Trinajstić information content (AvgIpc) is 2.78. The number of benzene rings is 1. The molecule has 7 heteroatoms. The van der Waals surface area contributed by atoms with Crippen LogP contribution in [0.25, 0.3) is 0 Å². The van der Waals surface area contributed by atoms with Gasteiger partial charge in [-0.15, -0.1) is 0 Å². The van der Waals surface area contributed by atoms with E-state index >= 15 is 0 Å². The molecule has 1 aromatic rings. The van der Waals surface area contributed by atoms with Crippen molar-refractivity contribution in [1.82, 2.24) is 20.4 Å². The Kier molecular flexibility index (Phi) is 10.7. The number of nitrogens with one attached hydrogen (secondary N) is 2. The Hall–Kier alpha value is -2.12. The first kappa shape index (κ1) is 24.2. The van der Waals surface area contributed by atoms with E-state index in [1.165, 1.54) is 0 Å². The molecule has 0 saturated carbocycles. The van der Waals surface area contributed by atoms with E-state index in [4.69, 9.17) is 9.73 Å². The van der Waals surface area contributed by atoms with E-state index in [9.17, 15) is 4.79 Å². The normalized spacial score (nSPS) is 16.4. The topological polar surface area (TPSA) is 69.2 Å². The van der Waals surface area contributed by atoms with E-state index in [1.54, 1.807) is 19.0 Å². The molecule has 30 heavy (non-hydrogen) atoms. The van der Waals surface area contributed by atoms with E-state index in [-0.39, 0.29) is 12.5 Å². The van der Waals surface area contributed by atoms with Crippen LogP contribution in [0.4, 0.5) is 0 Å². The summed E-state index contributed by atoms with van der Waals surface area (Å²) < 4.78 is 5.56. The number of aliphatic imine (C=N–C) groups is 1. The van der Waals surface area contributed by atoms with Gasteiger partial charge < -0.3 is 20.3 Å². The molecule has 0 radical (unpaired) electrons. The van der Waals surface area contributed by atoms with Crippen molar-refractivity contribution in [1.29, 1.82) is 0 Å². The number of amides is 1. The lowest BCUT2D eigenvalue weighted by atomic mass is 9.92. The lowest BCUT2D eigenvalue weighted by molar-refractivity contribution is -0.127. The van der Waals surface area contributed by atoms with Crippen LogP contribution in [0.1, 0.15) is 32.3 Å². The van der Waals surface area contributed by atoms with Crippen molar-refractivity contribution in [2.75, 3.05) is 53.5 Å². The van der Waals surface area contributed by atoms with Gasteiger partial charge >= 0.3 is 0 Å². The van der Waals surface area contributed by atoms with Gasteiger partial charge in [-0.1, -0.05) is 57.0 Å².